The Labute approximate surface area is 152 Å². The first kappa shape index (κ1) is 21.9. The molecule has 0 aromatic carbocycles. The van der Waals surface area contributed by atoms with Crippen LogP contribution in [0.5, 0.6) is 0 Å². The van der Waals surface area contributed by atoms with Gasteiger partial charge in [0, 0.05) is 6.42 Å². The van der Waals surface area contributed by atoms with E-state index in [2.05, 4.69) is 19.1 Å². The van der Waals surface area contributed by atoms with Crippen molar-refractivity contribution in [1.82, 2.24) is 0 Å². The molecule has 1 rings (SSSR count). The van der Waals surface area contributed by atoms with Crippen molar-refractivity contribution >= 4 is 5.97 Å². The Kier molecular flexibility index (Phi) is 10.1. The van der Waals surface area contributed by atoms with Crippen LogP contribution in [-0.4, -0.2) is 33.0 Å². The number of carbonyl (C=O) groups is 1. The Balaban J connectivity index is 2.45. The lowest BCUT2D eigenvalue weighted by atomic mass is 9.88. The molecule has 4 atom stereocenters. The summed E-state index contributed by atoms with van der Waals surface area (Å²) in [6.07, 6.45) is 16.1. The molecule has 0 radical (unpaired) electrons. The first-order valence-corrected chi connectivity index (χ1v) is 9.82. The van der Waals surface area contributed by atoms with Crippen LogP contribution in [0, 0.1) is 11.8 Å². The topological polar surface area (TPSA) is 77.8 Å². The Morgan fingerprint density at radius 2 is 1.96 bits per heavy atom. The van der Waals surface area contributed by atoms with E-state index in [4.69, 9.17) is 5.11 Å². The summed E-state index contributed by atoms with van der Waals surface area (Å²) in [5, 5.41) is 29.3. The van der Waals surface area contributed by atoms with E-state index >= 15 is 0 Å². The number of hydrogen-bond acceptors (Lipinski definition) is 3. The summed E-state index contributed by atoms with van der Waals surface area (Å²) in [4.78, 5) is 10.5. The number of rotatable bonds is 12. The van der Waals surface area contributed by atoms with Gasteiger partial charge in [0.25, 0.3) is 0 Å². The van der Waals surface area contributed by atoms with E-state index in [9.17, 15) is 15.0 Å². The van der Waals surface area contributed by atoms with Crippen molar-refractivity contribution in [3.8, 4) is 0 Å². The molecule has 0 amide bonds. The van der Waals surface area contributed by atoms with Crippen LogP contribution in [0.1, 0.15) is 78.1 Å². The molecule has 1 fully saturated rings. The zero-order valence-electron chi connectivity index (χ0n) is 15.9. The SMILES string of the molecule is CCCCCC(C)(O)C=C[C@@H]1CC[C@@H](O)[C@@H]1CC=CCCCC(=O)O. The summed E-state index contributed by atoms with van der Waals surface area (Å²) < 4.78 is 0. The molecule has 0 aliphatic heterocycles. The fourth-order valence-corrected chi connectivity index (χ4v) is 3.54. The Hall–Kier alpha value is -1.13. The van der Waals surface area contributed by atoms with E-state index in [0.717, 1.165) is 51.4 Å². The number of aliphatic hydroxyl groups is 2. The molecule has 4 nitrogen and oxygen atoms in total. The van der Waals surface area contributed by atoms with Crippen LogP contribution < -0.4 is 0 Å². The first-order chi connectivity index (χ1) is 11.9. The average molecular weight is 353 g/mol. The van der Waals surface area contributed by atoms with Crippen molar-refractivity contribution in [2.24, 2.45) is 11.8 Å². The van der Waals surface area contributed by atoms with Gasteiger partial charge in [-0.05, 0) is 57.3 Å². The van der Waals surface area contributed by atoms with Gasteiger partial charge in [-0.1, -0.05) is 50.5 Å². The summed E-state index contributed by atoms with van der Waals surface area (Å²) in [6, 6.07) is 0. The normalized spacial score (nSPS) is 26.5. The number of allylic oxidation sites excluding steroid dienone is 3. The fourth-order valence-electron chi connectivity index (χ4n) is 3.54. The summed E-state index contributed by atoms with van der Waals surface area (Å²) >= 11 is 0. The number of aliphatic carboxylic acids is 1. The van der Waals surface area contributed by atoms with Crippen LogP contribution in [0.15, 0.2) is 24.3 Å². The van der Waals surface area contributed by atoms with Crippen molar-refractivity contribution in [3.63, 3.8) is 0 Å². The highest BCUT2D eigenvalue weighted by molar-refractivity contribution is 5.66. The van der Waals surface area contributed by atoms with Gasteiger partial charge in [0.2, 0.25) is 0 Å². The molecule has 0 heterocycles. The van der Waals surface area contributed by atoms with Gasteiger partial charge in [-0.25, -0.2) is 0 Å². The quantitative estimate of drug-likeness (QED) is 0.358. The number of aliphatic hydroxyl groups excluding tert-OH is 1. The largest absolute Gasteiger partial charge is 0.481 e. The van der Waals surface area contributed by atoms with Gasteiger partial charge in [-0.15, -0.1) is 0 Å². The van der Waals surface area contributed by atoms with E-state index in [-0.39, 0.29) is 18.4 Å². The first-order valence-electron chi connectivity index (χ1n) is 9.82. The number of carboxylic acid groups (broad SMARTS) is 1. The van der Waals surface area contributed by atoms with Crippen molar-refractivity contribution in [2.45, 2.75) is 89.8 Å². The molecule has 25 heavy (non-hydrogen) atoms. The summed E-state index contributed by atoms with van der Waals surface area (Å²) in [5.74, 6) is -0.259. The molecule has 0 spiro atoms. The lowest BCUT2D eigenvalue weighted by Crippen LogP contribution is -2.22. The lowest BCUT2D eigenvalue weighted by molar-refractivity contribution is -0.137. The number of carboxylic acids is 1. The molecular weight excluding hydrogens is 316 g/mol. The summed E-state index contributed by atoms with van der Waals surface area (Å²) in [6.45, 7) is 4.02. The molecule has 1 aliphatic carbocycles. The van der Waals surface area contributed by atoms with Gasteiger partial charge < -0.3 is 15.3 Å². The molecule has 144 valence electrons. The Morgan fingerprint density at radius 1 is 1.20 bits per heavy atom. The van der Waals surface area contributed by atoms with Gasteiger partial charge >= 0.3 is 5.97 Å². The summed E-state index contributed by atoms with van der Waals surface area (Å²) in [7, 11) is 0. The molecular formula is C21H36O4. The van der Waals surface area contributed by atoms with Gasteiger partial charge in [-0.2, -0.15) is 0 Å². The zero-order valence-corrected chi connectivity index (χ0v) is 15.9. The molecule has 0 aromatic rings. The van der Waals surface area contributed by atoms with Gasteiger partial charge in [0.05, 0.1) is 11.7 Å². The minimum absolute atomic E-state index is 0.193. The lowest BCUT2D eigenvalue weighted by Gasteiger charge is -2.22. The maximum absolute atomic E-state index is 10.5. The minimum atomic E-state index is -0.764. The van der Waals surface area contributed by atoms with E-state index < -0.39 is 11.6 Å². The van der Waals surface area contributed by atoms with E-state index in [1.807, 2.05) is 19.1 Å². The highest BCUT2D eigenvalue weighted by Gasteiger charge is 2.32. The fraction of sp³-hybridized carbons (Fsp3) is 0.762. The van der Waals surface area contributed by atoms with Gasteiger partial charge in [0.1, 0.15) is 0 Å². The number of hydrogen-bond donors (Lipinski definition) is 3. The van der Waals surface area contributed by atoms with Gasteiger partial charge in [-0.3, -0.25) is 4.79 Å². The van der Waals surface area contributed by atoms with Crippen LogP contribution >= 0.6 is 0 Å². The maximum Gasteiger partial charge on any atom is 0.303 e. The second-order valence-corrected chi connectivity index (χ2v) is 7.64. The second-order valence-electron chi connectivity index (χ2n) is 7.64. The van der Waals surface area contributed by atoms with E-state index in [0.29, 0.717) is 12.3 Å². The molecule has 3 N–H and O–H groups in total. The minimum Gasteiger partial charge on any atom is -0.481 e. The van der Waals surface area contributed by atoms with E-state index in [1.54, 1.807) is 0 Å². The standard InChI is InChI=1S/C21H36O4/c1-3-4-9-15-21(2,25)16-14-17-12-13-19(22)18(17)10-7-5-6-8-11-20(23)24/h5,7,14,16-19,22,25H,3-4,6,8-13,15H2,1-2H3,(H,23,24)/t17-,18+,19+,21?/m0/s1. The van der Waals surface area contributed by atoms with Crippen molar-refractivity contribution < 1.29 is 20.1 Å². The third kappa shape index (κ3) is 9.22. The Bertz CT molecular complexity index is 439. The maximum atomic E-state index is 10.5. The number of unbranched alkanes of at least 4 members (excludes halogenated alkanes) is 3. The predicted molar refractivity (Wildman–Crippen MR) is 101 cm³/mol. The molecule has 1 aliphatic rings. The molecule has 0 saturated heterocycles. The molecule has 4 heteroatoms. The molecule has 0 aromatic heterocycles. The average Bonchev–Trinajstić information content (AvgIpc) is 2.89. The molecule has 1 unspecified atom stereocenters. The zero-order chi connectivity index (χ0) is 18.7. The van der Waals surface area contributed by atoms with Crippen LogP contribution in [-0.2, 0) is 4.79 Å². The van der Waals surface area contributed by atoms with Crippen LogP contribution in [0.25, 0.3) is 0 Å². The van der Waals surface area contributed by atoms with Crippen LogP contribution in [0.4, 0.5) is 0 Å². The van der Waals surface area contributed by atoms with E-state index in [1.165, 1.54) is 0 Å². The molecule has 1 saturated carbocycles. The highest BCUT2D eigenvalue weighted by Crippen LogP contribution is 2.36. The predicted octanol–water partition coefficient (Wildman–Crippen LogP) is 4.46. The highest BCUT2D eigenvalue weighted by atomic mass is 16.4. The van der Waals surface area contributed by atoms with Gasteiger partial charge in [0.15, 0.2) is 0 Å². The monoisotopic (exact) mass is 352 g/mol. The van der Waals surface area contributed by atoms with Crippen molar-refractivity contribution in [1.29, 1.82) is 0 Å². The molecule has 0 bridgehead atoms. The summed E-state index contributed by atoms with van der Waals surface area (Å²) in [5.41, 5.74) is -0.764. The van der Waals surface area contributed by atoms with Crippen molar-refractivity contribution in [3.05, 3.63) is 24.3 Å². The third-order valence-electron chi connectivity index (χ3n) is 5.17. The van der Waals surface area contributed by atoms with Crippen LogP contribution in [0.2, 0.25) is 0 Å². The van der Waals surface area contributed by atoms with Crippen LogP contribution in [0.3, 0.4) is 0 Å². The Morgan fingerprint density at radius 3 is 2.64 bits per heavy atom. The van der Waals surface area contributed by atoms with Crippen molar-refractivity contribution in [2.75, 3.05) is 0 Å². The second kappa shape index (κ2) is 11.5. The smallest absolute Gasteiger partial charge is 0.303 e. The third-order valence-corrected chi connectivity index (χ3v) is 5.17.